The summed E-state index contributed by atoms with van der Waals surface area (Å²) in [7, 11) is 0. The number of hydrogen-bond acceptors (Lipinski definition) is 9. The van der Waals surface area contributed by atoms with Gasteiger partial charge >= 0.3 is 0 Å². The van der Waals surface area contributed by atoms with E-state index in [9.17, 15) is 25.0 Å². The number of hydrazone groups is 1. The lowest BCUT2D eigenvalue weighted by molar-refractivity contribution is -0.394. The van der Waals surface area contributed by atoms with E-state index in [0.717, 1.165) is 23.8 Å². The van der Waals surface area contributed by atoms with Gasteiger partial charge in [0.25, 0.3) is 17.3 Å². The number of fused-ring (bicyclic) bond motifs is 1. The molecule has 0 bridgehead atoms. The van der Waals surface area contributed by atoms with E-state index in [0.29, 0.717) is 23.6 Å². The van der Waals surface area contributed by atoms with Crippen molar-refractivity contribution >= 4 is 23.5 Å². The fourth-order valence-corrected chi connectivity index (χ4v) is 3.20. The predicted octanol–water partition coefficient (Wildman–Crippen LogP) is 4.52. The highest BCUT2D eigenvalue weighted by Gasteiger charge is 2.18. The van der Waals surface area contributed by atoms with Gasteiger partial charge < -0.3 is 14.2 Å². The SMILES string of the molecule is CCN(N=Cc1ccc2c(c1)OCO2)C(=O)c1ccc(Oc2cc([N+](=O)[O-])cc([N+](=O)[O-])c2)cc1. The molecule has 4 rings (SSSR count). The molecule has 0 spiro atoms. The standard InChI is InChI=1S/C23H18N4O8/c1-2-25(24-13-15-3-8-21-22(9-15)34-14-33-21)23(28)16-4-6-19(7-5-16)35-20-11-17(26(29)30)10-18(12-20)27(31)32/h3-13H,2,14H2,1H3. The average Bonchev–Trinajstić information content (AvgIpc) is 3.32. The quantitative estimate of drug-likeness (QED) is 0.261. The highest BCUT2D eigenvalue weighted by Crippen LogP contribution is 2.32. The second-order valence-electron chi connectivity index (χ2n) is 7.20. The van der Waals surface area contributed by atoms with E-state index >= 15 is 0 Å². The van der Waals surface area contributed by atoms with Crippen molar-refractivity contribution in [1.29, 1.82) is 0 Å². The molecule has 35 heavy (non-hydrogen) atoms. The maximum Gasteiger partial charge on any atom is 0.280 e. The maximum atomic E-state index is 12.9. The number of carbonyl (C=O) groups is 1. The van der Waals surface area contributed by atoms with Crippen LogP contribution in [0.3, 0.4) is 0 Å². The second-order valence-corrected chi connectivity index (χ2v) is 7.20. The molecule has 12 nitrogen and oxygen atoms in total. The normalized spacial score (nSPS) is 11.9. The van der Waals surface area contributed by atoms with Gasteiger partial charge in [-0.1, -0.05) is 0 Å². The summed E-state index contributed by atoms with van der Waals surface area (Å²) in [4.78, 5) is 33.5. The van der Waals surface area contributed by atoms with Gasteiger partial charge in [-0.05, 0) is 55.0 Å². The molecule has 1 aliphatic rings. The van der Waals surface area contributed by atoms with Gasteiger partial charge in [-0.25, -0.2) is 5.01 Å². The monoisotopic (exact) mass is 478 g/mol. The topological polar surface area (TPSA) is 147 Å². The molecule has 0 unspecified atom stereocenters. The van der Waals surface area contributed by atoms with Crippen LogP contribution < -0.4 is 14.2 Å². The first-order chi connectivity index (χ1) is 16.8. The zero-order valence-corrected chi connectivity index (χ0v) is 18.3. The molecule has 0 radical (unpaired) electrons. The Hall–Kier alpha value is -5.00. The average molecular weight is 478 g/mol. The number of hydrogen-bond donors (Lipinski definition) is 0. The lowest BCUT2D eigenvalue weighted by Gasteiger charge is -2.15. The summed E-state index contributed by atoms with van der Waals surface area (Å²) in [6, 6.07) is 14.3. The largest absolute Gasteiger partial charge is 0.457 e. The van der Waals surface area contributed by atoms with Crippen molar-refractivity contribution in [3.8, 4) is 23.0 Å². The minimum absolute atomic E-state index is 0.0755. The fraction of sp³-hybridized carbons (Fsp3) is 0.130. The summed E-state index contributed by atoms with van der Waals surface area (Å²) < 4.78 is 16.1. The Kier molecular flexibility index (Phi) is 6.53. The van der Waals surface area contributed by atoms with Crippen LogP contribution in [-0.2, 0) is 0 Å². The number of non-ortho nitro benzene ring substituents is 2. The first-order valence-corrected chi connectivity index (χ1v) is 10.3. The zero-order chi connectivity index (χ0) is 24.9. The number of benzene rings is 3. The summed E-state index contributed by atoms with van der Waals surface area (Å²) in [6.07, 6.45) is 1.54. The number of rotatable bonds is 8. The van der Waals surface area contributed by atoms with E-state index in [2.05, 4.69) is 5.10 Å². The van der Waals surface area contributed by atoms with Crippen LogP contribution in [0.2, 0.25) is 0 Å². The van der Waals surface area contributed by atoms with E-state index in [1.165, 1.54) is 35.5 Å². The van der Waals surface area contributed by atoms with Crippen LogP contribution in [0.15, 0.2) is 65.8 Å². The number of nitro benzene ring substituents is 2. The minimum atomic E-state index is -0.745. The van der Waals surface area contributed by atoms with E-state index in [4.69, 9.17) is 14.2 Å². The molecule has 0 N–H and O–H groups in total. The van der Waals surface area contributed by atoms with E-state index < -0.39 is 21.2 Å². The van der Waals surface area contributed by atoms with Crippen molar-refractivity contribution in [1.82, 2.24) is 5.01 Å². The third-order valence-corrected chi connectivity index (χ3v) is 4.91. The van der Waals surface area contributed by atoms with Crippen molar-refractivity contribution in [3.63, 3.8) is 0 Å². The van der Waals surface area contributed by atoms with E-state index in [1.54, 1.807) is 25.1 Å². The molecule has 0 atom stereocenters. The number of amides is 1. The molecule has 0 saturated heterocycles. The van der Waals surface area contributed by atoms with Gasteiger partial charge in [0.1, 0.15) is 11.5 Å². The van der Waals surface area contributed by atoms with Gasteiger partial charge in [0.15, 0.2) is 11.5 Å². The molecule has 12 heteroatoms. The van der Waals surface area contributed by atoms with Gasteiger partial charge in [0.05, 0.1) is 34.3 Å². The predicted molar refractivity (Wildman–Crippen MR) is 123 cm³/mol. The Balaban J connectivity index is 1.47. The van der Waals surface area contributed by atoms with Crippen LogP contribution in [0, 0.1) is 20.2 Å². The number of carbonyl (C=O) groups excluding carboxylic acids is 1. The molecule has 0 aliphatic carbocycles. The van der Waals surface area contributed by atoms with Gasteiger partial charge in [-0.2, -0.15) is 5.10 Å². The van der Waals surface area contributed by atoms with Gasteiger partial charge in [0.2, 0.25) is 6.79 Å². The van der Waals surface area contributed by atoms with Crippen molar-refractivity contribution in [2.75, 3.05) is 13.3 Å². The zero-order valence-electron chi connectivity index (χ0n) is 18.3. The molecule has 1 heterocycles. The minimum Gasteiger partial charge on any atom is -0.457 e. The van der Waals surface area contributed by atoms with Gasteiger partial charge in [-0.3, -0.25) is 25.0 Å². The molecule has 0 fully saturated rings. The highest BCUT2D eigenvalue weighted by molar-refractivity contribution is 5.95. The van der Waals surface area contributed by atoms with Gasteiger partial charge in [0, 0.05) is 12.1 Å². The summed E-state index contributed by atoms with van der Waals surface area (Å²) in [5.74, 6) is 1.05. The summed E-state index contributed by atoms with van der Waals surface area (Å²) in [6.45, 7) is 2.25. The lowest BCUT2D eigenvalue weighted by Crippen LogP contribution is -2.25. The third kappa shape index (κ3) is 5.33. The number of nitrogens with zero attached hydrogens (tertiary/aromatic N) is 4. The van der Waals surface area contributed by atoms with Crippen LogP contribution in [-0.4, -0.2) is 40.3 Å². The summed E-state index contributed by atoms with van der Waals surface area (Å²) in [5.41, 5.74) is 0.113. The Bertz CT molecular complexity index is 1290. The Morgan fingerprint density at radius 2 is 1.63 bits per heavy atom. The molecule has 0 saturated carbocycles. The fourth-order valence-electron chi connectivity index (χ4n) is 3.20. The van der Waals surface area contributed by atoms with Crippen molar-refractivity contribution < 1.29 is 28.9 Å². The van der Waals surface area contributed by atoms with Crippen molar-refractivity contribution in [2.45, 2.75) is 6.92 Å². The molecule has 1 aliphatic heterocycles. The number of nitro groups is 2. The van der Waals surface area contributed by atoms with Crippen LogP contribution in [0.25, 0.3) is 0 Å². The van der Waals surface area contributed by atoms with Crippen LogP contribution in [0.4, 0.5) is 11.4 Å². The second kappa shape index (κ2) is 9.87. The van der Waals surface area contributed by atoms with Gasteiger partial charge in [-0.15, -0.1) is 0 Å². The smallest absolute Gasteiger partial charge is 0.280 e. The Labute approximate surface area is 198 Å². The molecule has 0 aromatic heterocycles. The molecule has 178 valence electrons. The highest BCUT2D eigenvalue weighted by atomic mass is 16.7. The van der Waals surface area contributed by atoms with E-state index in [-0.39, 0.29) is 24.2 Å². The number of ether oxygens (including phenoxy) is 3. The molecular formula is C23H18N4O8. The van der Waals surface area contributed by atoms with Crippen LogP contribution in [0.1, 0.15) is 22.8 Å². The first-order valence-electron chi connectivity index (χ1n) is 10.3. The summed E-state index contributed by atoms with van der Waals surface area (Å²) in [5, 5.41) is 27.6. The molecule has 3 aromatic rings. The van der Waals surface area contributed by atoms with Crippen LogP contribution >= 0.6 is 0 Å². The lowest BCUT2D eigenvalue weighted by atomic mass is 10.2. The molecule has 1 amide bonds. The maximum absolute atomic E-state index is 12.9. The van der Waals surface area contributed by atoms with Crippen LogP contribution in [0.5, 0.6) is 23.0 Å². The summed E-state index contributed by atoms with van der Waals surface area (Å²) >= 11 is 0. The molecule has 3 aromatic carbocycles. The third-order valence-electron chi connectivity index (χ3n) is 4.91. The van der Waals surface area contributed by atoms with E-state index in [1.807, 2.05) is 0 Å². The van der Waals surface area contributed by atoms with Crippen molar-refractivity contribution in [3.05, 3.63) is 92.0 Å². The Morgan fingerprint density at radius 3 is 2.26 bits per heavy atom. The first kappa shape index (κ1) is 23.2. The van der Waals surface area contributed by atoms with Crippen molar-refractivity contribution in [2.24, 2.45) is 5.10 Å². The molecular weight excluding hydrogens is 460 g/mol. The Morgan fingerprint density at radius 1 is 0.971 bits per heavy atom.